The Kier molecular flexibility index (Phi) is 3.94. The van der Waals surface area contributed by atoms with Crippen LogP contribution < -0.4 is 5.32 Å². The van der Waals surface area contributed by atoms with E-state index in [0.717, 1.165) is 10.7 Å². The van der Waals surface area contributed by atoms with Gasteiger partial charge in [0.15, 0.2) is 0 Å². The van der Waals surface area contributed by atoms with Crippen LogP contribution in [0.3, 0.4) is 0 Å². The van der Waals surface area contributed by atoms with Crippen LogP contribution in [0.5, 0.6) is 0 Å². The van der Waals surface area contributed by atoms with Crippen LogP contribution in [0.25, 0.3) is 0 Å². The monoisotopic (exact) mass is 316 g/mol. The van der Waals surface area contributed by atoms with Gasteiger partial charge >= 0.3 is 0 Å². The molecule has 1 aromatic heterocycles. The zero-order chi connectivity index (χ0) is 15.7. The first-order valence-electron chi connectivity index (χ1n) is 6.93. The van der Waals surface area contributed by atoms with Crippen molar-refractivity contribution in [3.63, 3.8) is 0 Å². The zero-order valence-corrected chi connectivity index (χ0v) is 13.1. The lowest BCUT2D eigenvalue weighted by Crippen LogP contribution is -2.29. The van der Waals surface area contributed by atoms with E-state index in [4.69, 9.17) is 4.42 Å². The van der Waals surface area contributed by atoms with Crippen molar-refractivity contribution in [2.24, 2.45) is 0 Å². The normalized spacial score (nSPS) is 14.9. The van der Waals surface area contributed by atoms with E-state index in [-0.39, 0.29) is 17.9 Å². The highest BCUT2D eigenvalue weighted by Gasteiger charge is 2.23. The highest BCUT2D eigenvalue weighted by Crippen LogP contribution is 2.32. The fraction of sp³-hybridized carbons (Fsp3) is 0.250. The van der Waals surface area contributed by atoms with Gasteiger partial charge in [-0.05, 0) is 37.3 Å². The molecule has 5 nitrogen and oxygen atoms in total. The van der Waals surface area contributed by atoms with Gasteiger partial charge in [0, 0.05) is 17.5 Å². The number of thioether (sulfide) groups is 1. The molecule has 0 aliphatic carbocycles. The van der Waals surface area contributed by atoms with Crippen molar-refractivity contribution in [2.45, 2.75) is 17.9 Å². The molecule has 0 radical (unpaired) electrons. The Bertz CT molecular complexity index is 712. The van der Waals surface area contributed by atoms with E-state index in [1.54, 1.807) is 36.4 Å². The molecular weight excluding hydrogens is 300 g/mol. The molecule has 22 heavy (non-hydrogen) atoms. The van der Waals surface area contributed by atoms with Crippen molar-refractivity contribution >= 4 is 29.3 Å². The molecule has 2 heterocycles. The van der Waals surface area contributed by atoms with Gasteiger partial charge in [-0.3, -0.25) is 9.59 Å². The summed E-state index contributed by atoms with van der Waals surface area (Å²) in [6, 6.07) is 8.87. The average molecular weight is 316 g/mol. The summed E-state index contributed by atoms with van der Waals surface area (Å²) < 4.78 is 5.35. The van der Waals surface area contributed by atoms with E-state index in [9.17, 15) is 9.59 Å². The predicted octanol–water partition coefficient (Wildman–Crippen LogP) is 3.16. The van der Waals surface area contributed by atoms with Gasteiger partial charge in [-0.25, -0.2) is 0 Å². The van der Waals surface area contributed by atoms with Gasteiger partial charge in [-0.1, -0.05) is 0 Å². The quantitative estimate of drug-likeness (QED) is 0.945. The van der Waals surface area contributed by atoms with Gasteiger partial charge in [0.2, 0.25) is 5.91 Å². The average Bonchev–Trinajstić information content (AvgIpc) is 3.06. The van der Waals surface area contributed by atoms with E-state index in [0.29, 0.717) is 17.0 Å². The van der Waals surface area contributed by atoms with E-state index in [2.05, 4.69) is 5.32 Å². The minimum Gasteiger partial charge on any atom is -0.467 e. The van der Waals surface area contributed by atoms with Crippen molar-refractivity contribution in [3.05, 3.63) is 47.9 Å². The molecule has 2 amide bonds. The minimum atomic E-state index is -0.164. The first-order valence-corrected chi connectivity index (χ1v) is 7.92. The van der Waals surface area contributed by atoms with E-state index in [1.807, 2.05) is 19.1 Å². The first kappa shape index (κ1) is 14.7. The number of amides is 2. The van der Waals surface area contributed by atoms with Crippen LogP contribution in [0.1, 0.15) is 29.1 Å². The summed E-state index contributed by atoms with van der Waals surface area (Å²) >= 11 is 1.48. The van der Waals surface area contributed by atoms with Gasteiger partial charge < -0.3 is 14.6 Å². The Morgan fingerprint density at radius 2 is 2.23 bits per heavy atom. The molecule has 0 spiro atoms. The fourth-order valence-electron chi connectivity index (χ4n) is 2.32. The molecular formula is C16H16N2O3S. The molecule has 1 aliphatic heterocycles. The van der Waals surface area contributed by atoms with E-state index in [1.165, 1.54) is 11.8 Å². The predicted molar refractivity (Wildman–Crippen MR) is 85.0 cm³/mol. The molecule has 2 aromatic rings. The topological polar surface area (TPSA) is 62.6 Å². The summed E-state index contributed by atoms with van der Waals surface area (Å²) in [7, 11) is 1.74. The Hall–Kier alpha value is -2.21. The van der Waals surface area contributed by atoms with E-state index < -0.39 is 0 Å². The lowest BCUT2D eigenvalue weighted by atomic mass is 10.1. The third kappa shape index (κ3) is 2.74. The summed E-state index contributed by atoms with van der Waals surface area (Å²) in [4.78, 5) is 26.7. The lowest BCUT2D eigenvalue weighted by molar-refractivity contribution is -0.113. The molecule has 114 valence electrons. The summed E-state index contributed by atoms with van der Waals surface area (Å²) in [5.74, 6) is 0.990. The van der Waals surface area contributed by atoms with Crippen LogP contribution in [0.2, 0.25) is 0 Å². The second-order valence-corrected chi connectivity index (χ2v) is 6.17. The lowest BCUT2D eigenvalue weighted by Gasteiger charge is -2.24. The third-order valence-electron chi connectivity index (χ3n) is 3.72. The molecule has 3 rings (SSSR count). The van der Waals surface area contributed by atoms with Crippen molar-refractivity contribution in [3.8, 4) is 0 Å². The Balaban J connectivity index is 1.83. The van der Waals surface area contributed by atoms with Crippen LogP contribution in [-0.4, -0.2) is 29.5 Å². The largest absolute Gasteiger partial charge is 0.467 e. The van der Waals surface area contributed by atoms with Crippen LogP contribution in [0, 0.1) is 0 Å². The summed E-state index contributed by atoms with van der Waals surface area (Å²) in [6.45, 7) is 1.91. The van der Waals surface area contributed by atoms with Crippen molar-refractivity contribution in [1.82, 2.24) is 4.90 Å². The van der Waals surface area contributed by atoms with Crippen molar-refractivity contribution < 1.29 is 14.0 Å². The van der Waals surface area contributed by atoms with Gasteiger partial charge in [-0.15, -0.1) is 11.8 Å². The molecule has 1 N–H and O–H groups in total. The number of carbonyl (C=O) groups excluding carboxylic acids is 2. The third-order valence-corrected chi connectivity index (χ3v) is 4.79. The Labute approximate surface area is 132 Å². The number of benzene rings is 1. The molecule has 0 fully saturated rings. The molecule has 1 aromatic carbocycles. The highest BCUT2D eigenvalue weighted by atomic mass is 32.2. The van der Waals surface area contributed by atoms with Gasteiger partial charge in [0.25, 0.3) is 5.91 Å². The number of furan rings is 1. The summed E-state index contributed by atoms with van der Waals surface area (Å²) in [5.41, 5.74) is 1.24. The van der Waals surface area contributed by atoms with Crippen LogP contribution in [0.15, 0.2) is 45.9 Å². The smallest absolute Gasteiger partial charge is 0.254 e. The summed E-state index contributed by atoms with van der Waals surface area (Å²) in [6.07, 6.45) is 1.59. The number of rotatable bonds is 3. The van der Waals surface area contributed by atoms with Crippen LogP contribution in [0.4, 0.5) is 5.69 Å². The van der Waals surface area contributed by atoms with Gasteiger partial charge in [-0.2, -0.15) is 0 Å². The minimum absolute atomic E-state index is 0.0422. The number of carbonyl (C=O) groups is 2. The molecule has 1 atom stereocenters. The number of nitrogens with zero attached hydrogens (tertiary/aromatic N) is 1. The Morgan fingerprint density at radius 3 is 2.95 bits per heavy atom. The molecule has 1 aliphatic rings. The molecule has 6 heteroatoms. The second kappa shape index (κ2) is 5.88. The maximum atomic E-state index is 12.6. The standard InChI is InChI=1S/C16H16N2O3S/c1-10(13-4-3-7-21-13)18(2)16(20)11-5-6-14-12(8-11)17-15(19)9-22-14/h3-8,10H,9H2,1-2H3,(H,17,19). The number of hydrogen-bond donors (Lipinski definition) is 1. The van der Waals surface area contributed by atoms with E-state index >= 15 is 0 Å². The van der Waals surface area contributed by atoms with Crippen molar-refractivity contribution in [1.29, 1.82) is 0 Å². The maximum Gasteiger partial charge on any atom is 0.254 e. The van der Waals surface area contributed by atoms with Crippen LogP contribution in [-0.2, 0) is 4.79 Å². The first-order chi connectivity index (χ1) is 10.6. The summed E-state index contributed by atoms with van der Waals surface area (Å²) in [5, 5.41) is 2.80. The zero-order valence-electron chi connectivity index (χ0n) is 12.3. The van der Waals surface area contributed by atoms with Crippen LogP contribution >= 0.6 is 11.8 Å². The molecule has 1 unspecified atom stereocenters. The molecule has 0 bridgehead atoms. The Morgan fingerprint density at radius 1 is 1.41 bits per heavy atom. The molecule has 0 saturated carbocycles. The molecule has 0 saturated heterocycles. The maximum absolute atomic E-state index is 12.6. The van der Waals surface area contributed by atoms with Gasteiger partial charge in [0.05, 0.1) is 23.7 Å². The van der Waals surface area contributed by atoms with Crippen molar-refractivity contribution in [2.75, 3.05) is 18.1 Å². The number of hydrogen-bond acceptors (Lipinski definition) is 4. The highest BCUT2D eigenvalue weighted by molar-refractivity contribution is 8.00. The second-order valence-electron chi connectivity index (χ2n) is 5.16. The number of nitrogens with one attached hydrogen (secondary N) is 1. The van der Waals surface area contributed by atoms with Gasteiger partial charge in [0.1, 0.15) is 5.76 Å². The SMILES string of the molecule is CC(c1ccco1)N(C)C(=O)c1ccc2c(c1)NC(=O)CS2. The number of fused-ring (bicyclic) bond motifs is 1. The number of anilines is 1. The fourth-order valence-corrected chi connectivity index (χ4v) is 3.10.